The van der Waals surface area contributed by atoms with E-state index >= 15 is 0 Å². The van der Waals surface area contributed by atoms with Crippen molar-refractivity contribution >= 4 is 26.5 Å². The van der Waals surface area contributed by atoms with E-state index in [1.54, 1.807) is 19.1 Å². The number of aliphatic hydroxyl groups excluding tert-OH is 1. The van der Waals surface area contributed by atoms with Crippen LogP contribution in [0, 0.1) is 18.8 Å². The summed E-state index contributed by atoms with van der Waals surface area (Å²) in [5.74, 6) is 5.18. The van der Waals surface area contributed by atoms with Crippen molar-refractivity contribution in [1.82, 2.24) is 10.2 Å². The monoisotopic (exact) mass is 309 g/mol. The lowest BCUT2D eigenvalue weighted by Crippen LogP contribution is -2.12. The molecule has 0 spiro atoms. The fourth-order valence-electron chi connectivity index (χ4n) is 1.37. The average Bonchev–Trinajstić information content (AvgIpc) is 2.81. The van der Waals surface area contributed by atoms with Gasteiger partial charge in [-0.1, -0.05) is 23.2 Å². The smallest absolute Gasteiger partial charge is 0.263 e. The summed E-state index contributed by atoms with van der Waals surface area (Å²) < 4.78 is 26.5. The highest BCUT2D eigenvalue weighted by molar-refractivity contribution is 7.93. The molecule has 1 aromatic heterocycles. The molecule has 0 saturated heterocycles. The summed E-state index contributed by atoms with van der Waals surface area (Å²) >= 11 is 1.16. The van der Waals surface area contributed by atoms with Gasteiger partial charge in [-0.25, -0.2) is 8.42 Å². The molecule has 0 unspecified atom stereocenters. The van der Waals surface area contributed by atoms with E-state index in [1.807, 2.05) is 0 Å². The zero-order valence-corrected chi connectivity index (χ0v) is 12.1. The molecular weight excluding hydrogens is 298 g/mol. The van der Waals surface area contributed by atoms with Crippen LogP contribution in [-0.4, -0.2) is 30.3 Å². The van der Waals surface area contributed by atoms with Crippen LogP contribution in [0.25, 0.3) is 0 Å². The minimum absolute atomic E-state index is 0.111. The Labute approximate surface area is 120 Å². The van der Waals surface area contributed by atoms with Crippen LogP contribution in [0.5, 0.6) is 0 Å². The van der Waals surface area contributed by atoms with Crippen molar-refractivity contribution in [2.24, 2.45) is 0 Å². The predicted octanol–water partition coefficient (Wildman–Crippen LogP) is 0.991. The molecule has 2 rings (SSSR count). The van der Waals surface area contributed by atoms with Crippen LogP contribution in [0.3, 0.4) is 0 Å². The lowest BCUT2D eigenvalue weighted by molar-refractivity contribution is 0.350. The molecule has 0 fully saturated rings. The van der Waals surface area contributed by atoms with E-state index in [2.05, 4.69) is 26.8 Å². The van der Waals surface area contributed by atoms with Crippen LogP contribution in [0.15, 0.2) is 29.2 Å². The molecule has 20 heavy (non-hydrogen) atoms. The summed E-state index contributed by atoms with van der Waals surface area (Å²) in [6, 6.07) is 6.03. The van der Waals surface area contributed by atoms with Crippen LogP contribution < -0.4 is 4.72 Å². The van der Waals surface area contributed by atoms with Gasteiger partial charge in [-0.05, 0) is 31.2 Å². The Morgan fingerprint density at radius 1 is 1.30 bits per heavy atom. The molecule has 8 heteroatoms. The van der Waals surface area contributed by atoms with E-state index < -0.39 is 10.0 Å². The van der Waals surface area contributed by atoms with Crippen LogP contribution in [-0.2, 0) is 10.0 Å². The first-order valence-corrected chi connectivity index (χ1v) is 7.84. The first kappa shape index (κ1) is 14.5. The van der Waals surface area contributed by atoms with Gasteiger partial charge in [0.15, 0.2) is 0 Å². The average molecular weight is 309 g/mol. The molecule has 0 saturated carbocycles. The lowest BCUT2D eigenvalue weighted by Gasteiger charge is -2.04. The quantitative estimate of drug-likeness (QED) is 0.825. The van der Waals surface area contributed by atoms with Gasteiger partial charge >= 0.3 is 0 Å². The Morgan fingerprint density at radius 2 is 2.00 bits per heavy atom. The largest absolute Gasteiger partial charge is 0.384 e. The summed E-state index contributed by atoms with van der Waals surface area (Å²) in [5, 5.41) is 16.9. The molecule has 0 bridgehead atoms. The van der Waals surface area contributed by atoms with Gasteiger partial charge in [0.05, 0.1) is 4.90 Å². The molecule has 2 N–H and O–H groups in total. The molecule has 0 aliphatic carbocycles. The van der Waals surface area contributed by atoms with Crippen molar-refractivity contribution in [2.45, 2.75) is 11.8 Å². The Hall–Kier alpha value is -1.95. The number of benzene rings is 1. The summed E-state index contributed by atoms with van der Waals surface area (Å²) in [6.07, 6.45) is 0. The van der Waals surface area contributed by atoms with Crippen molar-refractivity contribution in [2.75, 3.05) is 11.3 Å². The number of anilines is 1. The van der Waals surface area contributed by atoms with Gasteiger partial charge in [0, 0.05) is 5.56 Å². The fraction of sp³-hybridized carbons (Fsp3) is 0.167. The van der Waals surface area contributed by atoms with Crippen molar-refractivity contribution in [3.05, 3.63) is 34.8 Å². The number of nitrogens with zero attached hydrogens (tertiary/aromatic N) is 2. The highest BCUT2D eigenvalue weighted by Gasteiger charge is 2.16. The molecular formula is C12H11N3O3S2. The first-order valence-electron chi connectivity index (χ1n) is 5.54. The SMILES string of the molecule is Cc1nnc(NS(=O)(=O)c2ccc(C#CCO)cc2)s1. The van der Waals surface area contributed by atoms with E-state index in [0.29, 0.717) is 10.6 Å². The number of nitrogens with one attached hydrogen (secondary N) is 1. The summed E-state index contributed by atoms with van der Waals surface area (Å²) in [4.78, 5) is 0.111. The maximum Gasteiger partial charge on any atom is 0.263 e. The lowest BCUT2D eigenvalue weighted by atomic mass is 10.2. The van der Waals surface area contributed by atoms with Gasteiger partial charge in [-0.15, -0.1) is 10.2 Å². The fourth-order valence-corrected chi connectivity index (χ4v) is 3.19. The minimum atomic E-state index is -3.68. The number of aromatic nitrogens is 2. The third-order valence-corrected chi connectivity index (χ3v) is 4.46. The maximum atomic E-state index is 12.1. The van der Waals surface area contributed by atoms with Crippen molar-refractivity contribution < 1.29 is 13.5 Å². The van der Waals surface area contributed by atoms with Crippen molar-refractivity contribution in [3.8, 4) is 11.8 Å². The Balaban J connectivity index is 2.21. The Morgan fingerprint density at radius 3 is 2.55 bits per heavy atom. The number of sulfonamides is 1. The van der Waals surface area contributed by atoms with E-state index in [0.717, 1.165) is 11.3 Å². The topological polar surface area (TPSA) is 92.2 Å². The van der Waals surface area contributed by atoms with Crippen LogP contribution in [0.2, 0.25) is 0 Å². The standard InChI is InChI=1S/C12H11N3O3S2/c1-9-13-14-12(19-9)15-20(17,18)11-6-4-10(5-7-11)3-2-8-16/h4-7,16H,8H2,1H3,(H,14,15). The molecule has 6 nitrogen and oxygen atoms in total. The molecule has 1 aromatic carbocycles. The van der Waals surface area contributed by atoms with E-state index in [9.17, 15) is 8.42 Å². The van der Waals surface area contributed by atoms with Crippen LogP contribution in [0.1, 0.15) is 10.6 Å². The maximum absolute atomic E-state index is 12.1. The number of rotatable bonds is 3. The van der Waals surface area contributed by atoms with Gasteiger partial charge in [0.25, 0.3) is 10.0 Å². The highest BCUT2D eigenvalue weighted by atomic mass is 32.2. The number of aryl methyl sites for hydroxylation is 1. The van der Waals surface area contributed by atoms with Crippen molar-refractivity contribution in [1.29, 1.82) is 0 Å². The van der Waals surface area contributed by atoms with Gasteiger partial charge in [0.2, 0.25) is 5.13 Å². The molecule has 0 aliphatic heterocycles. The van der Waals surface area contributed by atoms with Gasteiger partial charge in [0.1, 0.15) is 11.6 Å². The van der Waals surface area contributed by atoms with Gasteiger partial charge in [-0.2, -0.15) is 0 Å². The second-order valence-electron chi connectivity index (χ2n) is 3.72. The molecule has 1 heterocycles. The second-order valence-corrected chi connectivity index (χ2v) is 6.58. The van der Waals surface area contributed by atoms with E-state index in [4.69, 9.17) is 5.11 Å². The normalized spacial score (nSPS) is 10.7. The molecule has 0 radical (unpaired) electrons. The van der Waals surface area contributed by atoms with Crippen LogP contribution in [0.4, 0.5) is 5.13 Å². The minimum Gasteiger partial charge on any atom is -0.384 e. The van der Waals surface area contributed by atoms with E-state index in [1.165, 1.54) is 12.1 Å². The molecule has 104 valence electrons. The third kappa shape index (κ3) is 3.54. The first-order chi connectivity index (χ1) is 9.51. The molecule has 0 aliphatic rings. The zero-order valence-electron chi connectivity index (χ0n) is 10.5. The van der Waals surface area contributed by atoms with Gasteiger partial charge in [-0.3, -0.25) is 4.72 Å². The number of aliphatic hydroxyl groups is 1. The number of hydrogen-bond donors (Lipinski definition) is 2. The van der Waals surface area contributed by atoms with Crippen LogP contribution >= 0.6 is 11.3 Å². The van der Waals surface area contributed by atoms with Gasteiger partial charge < -0.3 is 5.11 Å². The molecule has 2 aromatic rings. The summed E-state index contributed by atoms with van der Waals surface area (Å²) in [6.45, 7) is 1.50. The van der Waals surface area contributed by atoms with E-state index in [-0.39, 0.29) is 16.6 Å². The Bertz CT molecular complexity index is 755. The predicted molar refractivity (Wildman–Crippen MR) is 75.9 cm³/mol. The highest BCUT2D eigenvalue weighted by Crippen LogP contribution is 2.19. The number of hydrogen-bond acceptors (Lipinski definition) is 6. The van der Waals surface area contributed by atoms with Crippen molar-refractivity contribution in [3.63, 3.8) is 0 Å². The molecule has 0 atom stereocenters. The summed E-state index contributed by atoms with van der Waals surface area (Å²) in [7, 11) is -3.68. The Kier molecular flexibility index (Phi) is 4.34. The summed E-state index contributed by atoms with van der Waals surface area (Å²) in [5.41, 5.74) is 0.629. The second kappa shape index (κ2) is 6.00. The third-order valence-electron chi connectivity index (χ3n) is 2.22. The molecule has 0 amide bonds. The zero-order chi connectivity index (χ0) is 14.6.